The fourth-order valence-corrected chi connectivity index (χ4v) is 3.61. The third kappa shape index (κ3) is 3.29. The molecular formula is C21H27N3O2. The summed E-state index contributed by atoms with van der Waals surface area (Å²) in [5, 5.41) is 2.28. The second kappa shape index (κ2) is 7.64. The van der Waals surface area contributed by atoms with Gasteiger partial charge in [0.15, 0.2) is 0 Å². The van der Waals surface area contributed by atoms with Crippen LogP contribution in [0.5, 0.6) is 5.75 Å². The number of morpholine rings is 1. The fourth-order valence-electron chi connectivity index (χ4n) is 3.61. The molecule has 2 aromatic carbocycles. The molecule has 5 nitrogen and oxygen atoms in total. The van der Waals surface area contributed by atoms with E-state index < -0.39 is 0 Å². The van der Waals surface area contributed by atoms with E-state index in [1.54, 1.807) is 0 Å². The van der Waals surface area contributed by atoms with Gasteiger partial charge in [-0.3, -0.25) is 4.90 Å². The lowest BCUT2D eigenvalue weighted by Gasteiger charge is -2.31. The molecule has 1 aliphatic heterocycles. The summed E-state index contributed by atoms with van der Waals surface area (Å²) in [5.74, 6) is 1.95. The Hall–Kier alpha value is -2.11. The van der Waals surface area contributed by atoms with Crippen LogP contribution in [0.3, 0.4) is 0 Å². The summed E-state index contributed by atoms with van der Waals surface area (Å²) in [5.41, 5.74) is 2.07. The number of aromatic nitrogens is 2. The Bertz CT molecular complexity index is 883. The zero-order chi connectivity index (χ0) is 17.9. The van der Waals surface area contributed by atoms with Crippen LogP contribution >= 0.6 is 0 Å². The highest BCUT2D eigenvalue weighted by Gasteiger charge is 2.22. The summed E-state index contributed by atoms with van der Waals surface area (Å²) in [6.45, 7) is 8.63. The SMILES string of the molecule is CCCCOc1cc2[nH]c(C(C)N3CCOCC3)nc2c2ccccc12. The van der Waals surface area contributed by atoms with Crippen molar-refractivity contribution in [3.8, 4) is 5.75 Å². The second-order valence-electron chi connectivity index (χ2n) is 6.96. The van der Waals surface area contributed by atoms with Crippen LogP contribution in [0.2, 0.25) is 0 Å². The molecule has 2 heterocycles. The number of hydrogen-bond acceptors (Lipinski definition) is 4. The predicted octanol–water partition coefficient (Wildman–Crippen LogP) is 4.29. The molecule has 0 bridgehead atoms. The molecule has 1 fully saturated rings. The normalized spacial score (nSPS) is 17.0. The van der Waals surface area contributed by atoms with E-state index in [4.69, 9.17) is 14.5 Å². The van der Waals surface area contributed by atoms with Crippen molar-refractivity contribution in [3.05, 3.63) is 36.2 Å². The van der Waals surface area contributed by atoms with Gasteiger partial charge in [0.2, 0.25) is 0 Å². The van der Waals surface area contributed by atoms with E-state index >= 15 is 0 Å². The Labute approximate surface area is 154 Å². The smallest absolute Gasteiger partial charge is 0.129 e. The summed E-state index contributed by atoms with van der Waals surface area (Å²) in [6, 6.07) is 10.7. The first-order valence-corrected chi connectivity index (χ1v) is 9.64. The molecule has 1 aliphatic rings. The maximum absolute atomic E-state index is 6.08. The van der Waals surface area contributed by atoms with Crippen molar-refractivity contribution >= 4 is 21.8 Å². The van der Waals surface area contributed by atoms with Crippen LogP contribution in [0.4, 0.5) is 0 Å². The number of fused-ring (bicyclic) bond motifs is 3. The summed E-state index contributed by atoms with van der Waals surface area (Å²) >= 11 is 0. The maximum atomic E-state index is 6.08. The van der Waals surface area contributed by atoms with Gasteiger partial charge in [0.25, 0.3) is 0 Å². The standard InChI is InChI=1S/C21H27N3O2/c1-3-4-11-26-19-14-18-20(17-8-6-5-7-16(17)19)23-21(22-18)15(2)24-9-12-25-13-10-24/h5-8,14-15H,3-4,9-13H2,1-2H3,(H,22,23). The number of nitrogens with one attached hydrogen (secondary N) is 1. The van der Waals surface area contributed by atoms with Crippen molar-refractivity contribution < 1.29 is 9.47 Å². The van der Waals surface area contributed by atoms with Crippen molar-refractivity contribution in [1.29, 1.82) is 0 Å². The number of benzene rings is 2. The van der Waals surface area contributed by atoms with Gasteiger partial charge in [-0.25, -0.2) is 4.98 Å². The van der Waals surface area contributed by atoms with Crippen LogP contribution in [0.15, 0.2) is 30.3 Å². The highest BCUT2D eigenvalue weighted by molar-refractivity contribution is 6.07. The van der Waals surface area contributed by atoms with Crippen molar-refractivity contribution in [2.45, 2.75) is 32.7 Å². The molecule has 4 rings (SSSR count). The summed E-state index contributed by atoms with van der Waals surface area (Å²) < 4.78 is 11.6. The third-order valence-corrected chi connectivity index (χ3v) is 5.22. The highest BCUT2D eigenvalue weighted by Crippen LogP contribution is 2.34. The largest absolute Gasteiger partial charge is 0.493 e. The van der Waals surface area contributed by atoms with Gasteiger partial charge in [-0.15, -0.1) is 0 Å². The molecule has 1 atom stereocenters. The lowest BCUT2D eigenvalue weighted by atomic mass is 10.1. The average molecular weight is 353 g/mol. The first-order valence-electron chi connectivity index (χ1n) is 9.64. The van der Waals surface area contributed by atoms with Gasteiger partial charge in [-0.05, 0) is 13.3 Å². The van der Waals surface area contributed by atoms with Crippen LogP contribution in [-0.4, -0.2) is 47.8 Å². The molecule has 0 aliphatic carbocycles. The van der Waals surface area contributed by atoms with Gasteiger partial charge >= 0.3 is 0 Å². The van der Waals surface area contributed by atoms with Crippen molar-refractivity contribution in [3.63, 3.8) is 0 Å². The quantitative estimate of drug-likeness (QED) is 0.672. The number of imidazole rings is 1. The molecule has 0 spiro atoms. The van der Waals surface area contributed by atoms with E-state index in [0.717, 1.165) is 79.1 Å². The lowest BCUT2D eigenvalue weighted by molar-refractivity contribution is 0.0184. The van der Waals surface area contributed by atoms with Crippen molar-refractivity contribution in [1.82, 2.24) is 14.9 Å². The minimum Gasteiger partial charge on any atom is -0.493 e. The molecule has 5 heteroatoms. The Kier molecular flexibility index (Phi) is 5.09. The summed E-state index contributed by atoms with van der Waals surface area (Å²) in [7, 11) is 0. The molecule has 1 unspecified atom stereocenters. The Morgan fingerprint density at radius 1 is 1.23 bits per heavy atom. The van der Waals surface area contributed by atoms with E-state index in [-0.39, 0.29) is 6.04 Å². The van der Waals surface area contributed by atoms with Crippen molar-refractivity contribution in [2.24, 2.45) is 0 Å². The molecule has 0 radical (unpaired) electrons. The van der Waals surface area contributed by atoms with E-state index in [0.29, 0.717) is 0 Å². The molecule has 0 amide bonds. The molecule has 1 saturated heterocycles. The van der Waals surface area contributed by atoms with E-state index in [1.165, 1.54) is 0 Å². The third-order valence-electron chi connectivity index (χ3n) is 5.22. The van der Waals surface area contributed by atoms with E-state index in [1.807, 2.05) is 0 Å². The number of aromatic amines is 1. The van der Waals surface area contributed by atoms with Crippen LogP contribution in [0, 0.1) is 0 Å². The molecule has 26 heavy (non-hydrogen) atoms. The van der Waals surface area contributed by atoms with Gasteiger partial charge in [-0.2, -0.15) is 0 Å². The second-order valence-corrected chi connectivity index (χ2v) is 6.96. The molecule has 1 aromatic heterocycles. The number of nitrogens with zero attached hydrogens (tertiary/aromatic N) is 2. The molecular weight excluding hydrogens is 326 g/mol. The zero-order valence-electron chi connectivity index (χ0n) is 15.6. The van der Waals surface area contributed by atoms with Crippen LogP contribution in [0.25, 0.3) is 21.8 Å². The summed E-state index contributed by atoms with van der Waals surface area (Å²) in [4.78, 5) is 10.9. The lowest BCUT2D eigenvalue weighted by Crippen LogP contribution is -2.38. The van der Waals surface area contributed by atoms with Crippen LogP contribution in [-0.2, 0) is 4.74 Å². The van der Waals surface area contributed by atoms with Crippen LogP contribution < -0.4 is 4.74 Å². The Morgan fingerprint density at radius 3 is 2.77 bits per heavy atom. The molecule has 3 aromatic rings. The van der Waals surface area contributed by atoms with Crippen molar-refractivity contribution in [2.75, 3.05) is 32.9 Å². The summed E-state index contributed by atoms with van der Waals surface area (Å²) in [6.07, 6.45) is 2.19. The van der Waals surface area contributed by atoms with Gasteiger partial charge < -0.3 is 14.5 Å². The number of hydrogen-bond donors (Lipinski definition) is 1. The number of unbranched alkanes of at least 4 members (excludes halogenated alkanes) is 1. The molecule has 1 N–H and O–H groups in total. The van der Waals surface area contributed by atoms with E-state index in [9.17, 15) is 0 Å². The minimum atomic E-state index is 0.245. The molecule has 0 saturated carbocycles. The van der Waals surface area contributed by atoms with Gasteiger partial charge in [-0.1, -0.05) is 37.6 Å². The molecule has 138 valence electrons. The minimum absolute atomic E-state index is 0.245. The van der Waals surface area contributed by atoms with Gasteiger partial charge in [0.1, 0.15) is 11.6 Å². The Balaban J connectivity index is 1.73. The average Bonchev–Trinajstić information content (AvgIpc) is 3.12. The number of H-pyrrole nitrogens is 1. The highest BCUT2D eigenvalue weighted by atomic mass is 16.5. The van der Waals surface area contributed by atoms with Gasteiger partial charge in [0, 0.05) is 29.9 Å². The monoisotopic (exact) mass is 353 g/mol. The Morgan fingerprint density at radius 2 is 2.00 bits per heavy atom. The van der Waals surface area contributed by atoms with E-state index in [2.05, 4.69) is 54.1 Å². The van der Waals surface area contributed by atoms with Crippen LogP contribution in [0.1, 0.15) is 38.6 Å². The zero-order valence-corrected chi connectivity index (χ0v) is 15.6. The fraction of sp³-hybridized carbons (Fsp3) is 0.476. The predicted molar refractivity (Wildman–Crippen MR) is 105 cm³/mol. The van der Waals surface area contributed by atoms with Gasteiger partial charge in [0.05, 0.1) is 36.9 Å². The maximum Gasteiger partial charge on any atom is 0.129 e. The first-order chi connectivity index (χ1) is 12.8. The number of rotatable bonds is 6. The topological polar surface area (TPSA) is 50.4 Å². The number of ether oxygens (including phenoxy) is 2. The first kappa shape index (κ1) is 17.3.